The minimum atomic E-state index is 0. The molecule has 0 saturated carbocycles. The minimum Gasteiger partial charge on any atom is -0.454 e. The lowest BCUT2D eigenvalue weighted by atomic mass is 9.87. The summed E-state index contributed by atoms with van der Waals surface area (Å²) in [5.74, 6) is 2.63. The third kappa shape index (κ3) is 3.97. The normalized spacial score (nSPS) is 24.7. The number of fused-ring (bicyclic) bond motifs is 1. The van der Waals surface area contributed by atoms with E-state index in [4.69, 9.17) is 19.2 Å². The van der Waals surface area contributed by atoms with Crippen LogP contribution in [0.5, 0.6) is 11.5 Å². The number of likely N-dealkylation sites (tertiary alicyclic amines) is 1. The Kier molecular flexibility index (Phi) is 5.93. The Balaban J connectivity index is 0.00000182. The number of hydrogen-bond acceptors (Lipinski definition) is 4. The van der Waals surface area contributed by atoms with Crippen LogP contribution in [-0.2, 0) is 11.3 Å². The molecule has 0 amide bonds. The van der Waals surface area contributed by atoms with Crippen molar-refractivity contribution < 1.29 is 14.2 Å². The van der Waals surface area contributed by atoms with Gasteiger partial charge in [0, 0.05) is 31.7 Å². The topological polar surface area (TPSA) is 55.3 Å². The molecule has 3 aliphatic heterocycles. The fourth-order valence-electron chi connectivity index (χ4n) is 3.72. The molecule has 3 aliphatic rings. The van der Waals surface area contributed by atoms with Gasteiger partial charge in [0.2, 0.25) is 6.79 Å². The van der Waals surface area contributed by atoms with Gasteiger partial charge in [-0.05, 0) is 37.5 Å². The van der Waals surface area contributed by atoms with Crippen LogP contribution in [0.4, 0.5) is 0 Å². The van der Waals surface area contributed by atoms with Crippen LogP contribution in [0, 0.1) is 5.41 Å². The lowest BCUT2D eigenvalue weighted by Gasteiger charge is -2.25. The van der Waals surface area contributed by atoms with E-state index in [2.05, 4.69) is 23.2 Å². The van der Waals surface area contributed by atoms with Crippen molar-refractivity contribution in [2.75, 3.05) is 39.6 Å². The van der Waals surface area contributed by atoms with Crippen LogP contribution < -0.4 is 14.8 Å². The van der Waals surface area contributed by atoms with Crippen molar-refractivity contribution in [3.63, 3.8) is 0 Å². The molecular weight excluding hydrogens is 433 g/mol. The third-order valence-corrected chi connectivity index (χ3v) is 5.11. The Morgan fingerprint density at radius 2 is 2.16 bits per heavy atom. The molecule has 2 saturated heterocycles. The summed E-state index contributed by atoms with van der Waals surface area (Å²) in [4.78, 5) is 7.22. The van der Waals surface area contributed by atoms with Gasteiger partial charge < -0.3 is 24.4 Å². The van der Waals surface area contributed by atoms with Crippen molar-refractivity contribution in [3.8, 4) is 11.5 Å². The molecule has 4 rings (SSSR count). The molecule has 1 aromatic rings. The summed E-state index contributed by atoms with van der Waals surface area (Å²) in [6, 6.07) is 6.03. The Hall–Kier alpha value is -1.22. The highest BCUT2D eigenvalue weighted by Crippen LogP contribution is 2.38. The molecule has 2 fully saturated rings. The Morgan fingerprint density at radius 3 is 2.96 bits per heavy atom. The number of aliphatic imine (C=N–C) groups is 1. The van der Waals surface area contributed by atoms with Gasteiger partial charge in [0.1, 0.15) is 0 Å². The van der Waals surface area contributed by atoms with E-state index in [0.29, 0.717) is 18.8 Å². The van der Waals surface area contributed by atoms with E-state index >= 15 is 0 Å². The van der Waals surface area contributed by atoms with Gasteiger partial charge in [0.15, 0.2) is 17.5 Å². The maximum Gasteiger partial charge on any atom is 0.231 e. The van der Waals surface area contributed by atoms with Gasteiger partial charge in [-0.1, -0.05) is 6.07 Å². The van der Waals surface area contributed by atoms with Crippen molar-refractivity contribution >= 4 is 29.9 Å². The molecule has 25 heavy (non-hydrogen) atoms. The van der Waals surface area contributed by atoms with Crippen LogP contribution in [0.3, 0.4) is 0 Å². The first-order chi connectivity index (χ1) is 11.8. The van der Waals surface area contributed by atoms with Crippen LogP contribution in [0.15, 0.2) is 23.2 Å². The molecule has 1 unspecified atom stereocenters. The average molecular weight is 459 g/mol. The van der Waals surface area contributed by atoms with E-state index in [1.54, 1.807) is 0 Å². The zero-order valence-corrected chi connectivity index (χ0v) is 17.0. The number of rotatable bonds is 3. The number of nitrogens with zero attached hydrogens (tertiary/aromatic N) is 2. The number of benzene rings is 1. The van der Waals surface area contributed by atoms with Crippen molar-refractivity contribution in [1.82, 2.24) is 10.2 Å². The molecule has 7 heteroatoms. The van der Waals surface area contributed by atoms with Crippen LogP contribution in [-0.4, -0.2) is 50.5 Å². The third-order valence-electron chi connectivity index (χ3n) is 5.11. The molecule has 1 N–H and O–H groups in total. The standard InChI is InChI=1S/C18H25N3O3.HI/c1-2-19-17(21-7-5-18(11-21)6-8-22-12-18)20-10-14-3-4-15-16(9-14)24-13-23-15;/h3-4,9H,2,5-8,10-13H2,1H3,(H,19,20);1H. The van der Waals surface area contributed by atoms with E-state index in [9.17, 15) is 0 Å². The average Bonchev–Trinajstić information content (AvgIpc) is 3.33. The second kappa shape index (κ2) is 7.99. The Bertz CT molecular complexity index is 632. The molecular formula is C18H26IN3O3. The van der Waals surface area contributed by atoms with Crippen molar-refractivity contribution in [2.24, 2.45) is 10.4 Å². The highest BCUT2D eigenvalue weighted by molar-refractivity contribution is 14.0. The molecule has 0 radical (unpaired) electrons. The van der Waals surface area contributed by atoms with Crippen LogP contribution in [0.2, 0.25) is 0 Å². The Morgan fingerprint density at radius 1 is 1.28 bits per heavy atom. The quantitative estimate of drug-likeness (QED) is 0.428. The fourth-order valence-corrected chi connectivity index (χ4v) is 3.72. The first-order valence-corrected chi connectivity index (χ1v) is 8.78. The molecule has 1 aromatic carbocycles. The maximum absolute atomic E-state index is 5.63. The van der Waals surface area contributed by atoms with E-state index in [1.165, 1.54) is 12.8 Å². The van der Waals surface area contributed by atoms with Gasteiger partial charge in [-0.3, -0.25) is 0 Å². The smallest absolute Gasteiger partial charge is 0.231 e. The van der Waals surface area contributed by atoms with E-state index < -0.39 is 0 Å². The predicted octanol–water partition coefficient (Wildman–Crippen LogP) is 2.61. The summed E-state index contributed by atoms with van der Waals surface area (Å²) in [5, 5.41) is 3.43. The Labute approximate surface area is 165 Å². The second-order valence-corrected chi connectivity index (χ2v) is 6.83. The summed E-state index contributed by atoms with van der Waals surface area (Å²) in [5.41, 5.74) is 1.47. The molecule has 0 aliphatic carbocycles. The molecule has 3 heterocycles. The number of nitrogens with one attached hydrogen (secondary N) is 1. The highest BCUT2D eigenvalue weighted by atomic mass is 127. The number of ether oxygens (including phenoxy) is 3. The predicted molar refractivity (Wildman–Crippen MR) is 107 cm³/mol. The molecule has 0 aromatic heterocycles. The van der Waals surface area contributed by atoms with Gasteiger partial charge in [-0.15, -0.1) is 24.0 Å². The van der Waals surface area contributed by atoms with E-state index in [-0.39, 0.29) is 24.0 Å². The number of hydrogen-bond donors (Lipinski definition) is 1. The van der Waals surface area contributed by atoms with E-state index in [0.717, 1.165) is 55.9 Å². The molecule has 0 bridgehead atoms. The van der Waals surface area contributed by atoms with Gasteiger partial charge in [0.05, 0.1) is 13.2 Å². The summed E-state index contributed by atoms with van der Waals surface area (Å²) in [6.07, 6.45) is 2.37. The molecule has 6 nitrogen and oxygen atoms in total. The van der Waals surface area contributed by atoms with Gasteiger partial charge >= 0.3 is 0 Å². The summed E-state index contributed by atoms with van der Waals surface area (Å²) >= 11 is 0. The van der Waals surface area contributed by atoms with Crippen molar-refractivity contribution in [2.45, 2.75) is 26.3 Å². The minimum absolute atomic E-state index is 0. The van der Waals surface area contributed by atoms with Gasteiger partial charge in [-0.2, -0.15) is 0 Å². The summed E-state index contributed by atoms with van der Waals surface area (Å²) in [6.45, 7) is 7.82. The van der Waals surface area contributed by atoms with Crippen molar-refractivity contribution in [3.05, 3.63) is 23.8 Å². The number of guanidine groups is 1. The summed E-state index contributed by atoms with van der Waals surface area (Å²) < 4.78 is 16.4. The van der Waals surface area contributed by atoms with E-state index in [1.807, 2.05) is 12.1 Å². The van der Waals surface area contributed by atoms with Crippen LogP contribution in [0.1, 0.15) is 25.3 Å². The first-order valence-electron chi connectivity index (χ1n) is 8.78. The van der Waals surface area contributed by atoms with Crippen LogP contribution in [0.25, 0.3) is 0 Å². The lowest BCUT2D eigenvalue weighted by Crippen LogP contribution is -2.41. The van der Waals surface area contributed by atoms with Crippen LogP contribution >= 0.6 is 24.0 Å². The first kappa shape index (κ1) is 18.6. The zero-order valence-electron chi connectivity index (χ0n) is 14.6. The van der Waals surface area contributed by atoms with Crippen molar-refractivity contribution in [1.29, 1.82) is 0 Å². The summed E-state index contributed by atoms with van der Waals surface area (Å²) in [7, 11) is 0. The molecule has 138 valence electrons. The fraction of sp³-hybridized carbons (Fsp3) is 0.611. The second-order valence-electron chi connectivity index (χ2n) is 6.83. The monoisotopic (exact) mass is 459 g/mol. The molecule has 1 spiro atoms. The lowest BCUT2D eigenvalue weighted by molar-refractivity contribution is 0.156. The SMILES string of the molecule is CCNC(=NCc1ccc2c(c1)OCO2)N1CCC2(CCOC2)C1.I. The largest absolute Gasteiger partial charge is 0.454 e. The zero-order chi connectivity index (χ0) is 16.4. The van der Waals surface area contributed by atoms with Gasteiger partial charge in [0.25, 0.3) is 0 Å². The molecule has 1 atom stereocenters. The number of halogens is 1. The highest BCUT2D eigenvalue weighted by Gasteiger charge is 2.42. The maximum atomic E-state index is 5.63. The van der Waals surface area contributed by atoms with Gasteiger partial charge in [-0.25, -0.2) is 4.99 Å².